The minimum atomic E-state index is -0.407. The third-order valence-corrected chi connectivity index (χ3v) is 3.90. The van der Waals surface area contributed by atoms with Crippen LogP contribution >= 0.6 is 11.3 Å². The molecular formula is C16H24N2O2S. The van der Waals surface area contributed by atoms with Crippen LogP contribution in [0.4, 0.5) is 0 Å². The highest BCUT2D eigenvalue weighted by atomic mass is 32.1. The molecule has 0 aliphatic carbocycles. The van der Waals surface area contributed by atoms with Crippen LogP contribution in [0.15, 0.2) is 17.5 Å². The van der Waals surface area contributed by atoms with Crippen LogP contribution in [0.3, 0.4) is 0 Å². The summed E-state index contributed by atoms with van der Waals surface area (Å²) in [6.45, 7) is 8.56. The molecule has 0 saturated carbocycles. The number of rotatable bonds is 7. The van der Waals surface area contributed by atoms with Gasteiger partial charge in [0.1, 0.15) is 10.6 Å². The topological polar surface area (TPSA) is 45.6 Å². The number of hydrogen-bond donors (Lipinski definition) is 1. The molecule has 1 rings (SSSR count). The fraction of sp³-hybridized carbons (Fsp3) is 0.562. The minimum Gasteiger partial charge on any atom is -0.389 e. The van der Waals surface area contributed by atoms with Crippen molar-refractivity contribution in [3.63, 3.8) is 0 Å². The molecule has 0 unspecified atom stereocenters. The number of aliphatic hydroxyl groups excluding tert-OH is 1. The van der Waals surface area contributed by atoms with E-state index in [4.69, 9.17) is 9.84 Å². The van der Waals surface area contributed by atoms with Crippen LogP contribution in [0.5, 0.6) is 0 Å². The molecule has 0 fully saturated rings. The Morgan fingerprint density at radius 2 is 2.29 bits per heavy atom. The van der Waals surface area contributed by atoms with Crippen molar-refractivity contribution >= 4 is 11.3 Å². The molecule has 0 saturated heterocycles. The van der Waals surface area contributed by atoms with Gasteiger partial charge in [-0.2, -0.15) is 0 Å². The highest BCUT2D eigenvalue weighted by Gasteiger charge is 2.10. The lowest BCUT2D eigenvalue weighted by Gasteiger charge is -2.16. The lowest BCUT2D eigenvalue weighted by Crippen LogP contribution is -2.23. The molecule has 5 heteroatoms. The maximum absolute atomic E-state index is 9.03. The second-order valence-electron chi connectivity index (χ2n) is 5.10. The predicted octanol–water partition coefficient (Wildman–Crippen LogP) is 2.44. The lowest BCUT2D eigenvalue weighted by atomic mass is 10.1. The first-order valence-electron chi connectivity index (χ1n) is 7.00. The Labute approximate surface area is 131 Å². The molecule has 4 nitrogen and oxygen atoms in total. The Bertz CT molecular complexity index is 512. The number of thiazole rings is 1. The summed E-state index contributed by atoms with van der Waals surface area (Å²) >= 11 is 1.50. The number of methoxy groups -OCH3 is 1. The van der Waals surface area contributed by atoms with Crippen molar-refractivity contribution in [2.24, 2.45) is 0 Å². The Balaban J connectivity index is 2.47. The first-order chi connectivity index (χ1) is 10.0. The van der Waals surface area contributed by atoms with Gasteiger partial charge in [0, 0.05) is 25.6 Å². The minimum absolute atomic E-state index is 0.0154. The number of aromatic nitrogens is 1. The molecule has 1 aromatic heterocycles. The maximum Gasteiger partial charge on any atom is 0.123 e. The summed E-state index contributed by atoms with van der Waals surface area (Å²) in [5, 5.41) is 11.8. The Kier molecular flexibility index (Phi) is 7.62. The van der Waals surface area contributed by atoms with E-state index in [9.17, 15) is 0 Å². The number of ether oxygens (including phenoxy) is 1. The van der Waals surface area contributed by atoms with E-state index < -0.39 is 5.60 Å². The molecule has 0 radical (unpaired) electrons. The quantitative estimate of drug-likeness (QED) is 0.786. The number of nitrogens with zero attached hydrogens (tertiary/aromatic N) is 2. The predicted molar refractivity (Wildman–Crippen MR) is 87.0 cm³/mol. The van der Waals surface area contributed by atoms with Crippen LogP contribution < -0.4 is 0 Å². The van der Waals surface area contributed by atoms with Crippen molar-refractivity contribution in [2.75, 3.05) is 20.2 Å². The summed E-state index contributed by atoms with van der Waals surface area (Å²) in [5.74, 6) is 6.05. The van der Waals surface area contributed by atoms with Gasteiger partial charge in [0.05, 0.1) is 12.3 Å². The van der Waals surface area contributed by atoms with Gasteiger partial charge in [0.15, 0.2) is 0 Å². The first-order valence-corrected chi connectivity index (χ1v) is 7.88. The molecule has 0 bridgehead atoms. The maximum atomic E-state index is 9.03. The van der Waals surface area contributed by atoms with E-state index in [2.05, 4.69) is 28.6 Å². The van der Waals surface area contributed by atoms with Gasteiger partial charge in [-0.3, -0.25) is 4.90 Å². The average Bonchev–Trinajstić information content (AvgIpc) is 2.93. The summed E-state index contributed by atoms with van der Waals surface area (Å²) in [4.78, 5) is 6.62. The zero-order valence-electron chi connectivity index (χ0n) is 13.2. The van der Waals surface area contributed by atoms with Crippen molar-refractivity contribution in [2.45, 2.75) is 39.5 Å². The number of allylic oxidation sites excluding steroid dienone is 1. The summed E-state index contributed by atoms with van der Waals surface area (Å²) in [6.07, 6.45) is 3.91. The van der Waals surface area contributed by atoms with Crippen molar-refractivity contribution in [3.8, 4) is 11.8 Å². The van der Waals surface area contributed by atoms with E-state index in [1.807, 2.05) is 31.4 Å². The second kappa shape index (κ2) is 8.96. The average molecular weight is 308 g/mol. The molecule has 0 amide bonds. The van der Waals surface area contributed by atoms with Crippen LogP contribution in [0, 0.1) is 11.8 Å². The Morgan fingerprint density at radius 1 is 1.52 bits per heavy atom. The molecule has 0 atom stereocenters. The van der Waals surface area contributed by atoms with Gasteiger partial charge in [-0.25, -0.2) is 4.98 Å². The van der Waals surface area contributed by atoms with Crippen LogP contribution in [0.1, 0.15) is 31.5 Å². The highest BCUT2D eigenvalue weighted by Crippen LogP contribution is 2.11. The van der Waals surface area contributed by atoms with E-state index in [1.165, 1.54) is 11.3 Å². The normalized spacial score (nSPS) is 11.9. The number of likely N-dealkylation sites (N-methyl/N-ethyl adjacent to an activating group) is 1. The van der Waals surface area contributed by atoms with Gasteiger partial charge in [0.25, 0.3) is 0 Å². The van der Waals surface area contributed by atoms with Gasteiger partial charge in [0.2, 0.25) is 0 Å². The van der Waals surface area contributed by atoms with E-state index >= 15 is 0 Å². The Morgan fingerprint density at radius 3 is 2.86 bits per heavy atom. The van der Waals surface area contributed by atoms with Gasteiger partial charge in [-0.1, -0.05) is 24.8 Å². The van der Waals surface area contributed by atoms with Gasteiger partial charge in [-0.05, 0) is 26.5 Å². The molecule has 0 aliphatic heterocycles. The second-order valence-corrected chi connectivity index (χ2v) is 6.05. The summed E-state index contributed by atoms with van der Waals surface area (Å²) in [5.41, 5.74) is 0.599. The van der Waals surface area contributed by atoms with Gasteiger partial charge in [-0.15, -0.1) is 11.3 Å². The standard InChI is InChI=1S/C16H24N2O2S/c1-5-18(11-14-13-21-15(12-19)17-14)10-8-6-7-9-16(2,3)20-4/h6,8,13,19H,5,10-12H2,1-4H3/b8-6+. The molecular weight excluding hydrogens is 284 g/mol. The van der Waals surface area contributed by atoms with Crippen molar-refractivity contribution in [1.82, 2.24) is 9.88 Å². The molecule has 1 aromatic rings. The number of aliphatic hydroxyl groups is 1. The summed E-state index contributed by atoms with van der Waals surface area (Å²) < 4.78 is 5.23. The first kappa shape index (κ1) is 17.9. The van der Waals surface area contributed by atoms with Crippen molar-refractivity contribution in [3.05, 3.63) is 28.2 Å². The fourth-order valence-electron chi connectivity index (χ4n) is 1.56. The molecule has 0 aromatic carbocycles. The van der Waals surface area contributed by atoms with E-state index in [1.54, 1.807) is 7.11 Å². The molecule has 0 aliphatic rings. The molecule has 0 spiro atoms. The third kappa shape index (κ3) is 6.87. The van der Waals surface area contributed by atoms with Crippen LogP contribution in [0.25, 0.3) is 0 Å². The van der Waals surface area contributed by atoms with Gasteiger partial charge < -0.3 is 9.84 Å². The molecule has 116 valence electrons. The van der Waals surface area contributed by atoms with E-state index in [0.717, 1.165) is 30.3 Å². The van der Waals surface area contributed by atoms with E-state index in [-0.39, 0.29) is 6.61 Å². The fourth-order valence-corrected chi connectivity index (χ4v) is 2.20. The van der Waals surface area contributed by atoms with Crippen LogP contribution in [-0.2, 0) is 17.9 Å². The van der Waals surface area contributed by atoms with Crippen molar-refractivity contribution in [1.29, 1.82) is 0 Å². The van der Waals surface area contributed by atoms with E-state index in [0.29, 0.717) is 0 Å². The molecule has 1 N–H and O–H groups in total. The van der Waals surface area contributed by atoms with Crippen LogP contribution in [0.2, 0.25) is 0 Å². The number of hydrogen-bond acceptors (Lipinski definition) is 5. The third-order valence-electron chi connectivity index (χ3n) is 3.02. The summed E-state index contributed by atoms with van der Waals surface area (Å²) in [6, 6.07) is 0. The van der Waals surface area contributed by atoms with Crippen molar-refractivity contribution < 1.29 is 9.84 Å². The highest BCUT2D eigenvalue weighted by molar-refractivity contribution is 7.09. The lowest BCUT2D eigenvalue weighted by molar-refractivity contribution is 0.0742. The largest absolute Gasteiger partial charge is 0.389 e. The smallest absolute Gasteiger partial charge is 0.123 e. The zero-order valence-corrected chi connectivity index (χ0v) is 14.0. The molecule has 21 heavy (non-hydrogen) atoms. The monoisotopic (exact) mass is 308 g/mol. The SMILES string of the molecule is CCN(C/C=C/C#CC(C)(C)OC)Cc1csc(CO)n1. The van der Waals surface area contributed by atoms with Crippen LogP contribution in [-0.4, -0.2) is 40.8 Å². The summed E-state index contributed by atoms with van der Waals surface area (Å²) in [7, 11) is 1.66. The Hall–Kier alpha value is -1.19. The molecule has 1 heterocycles. The van der Waals surface area contributed by atoms with Gasteiger partial charge >= 0.3 is 0 Å². The zero-order chi connectivity index (χ0) is 15.7.